The predicted molar refractivity (Wildman–Crippen MR) is 97.3 cm³/mol. The molecule has 3 N–H and O–H groups in total. The number of carbonyl (C=O) groups is 1. The van der Waals surface area contributed by atoms with Gasteiger partial charge in [0, 0.05) is 23.7 Å². The van der Waals surface area contributed by atoms with Gasteiger partial charge in [-0.05, 0) is 49.7 Å². The Kier molecular flexibility index (Phi) is 4.61. The van der Waals surface area contributed by atoms with E-state index in [1.165, 1.54) is 35.9 Å². The molecule has 2 atom stereocenters. The zero-order valence-corrected chi connectivity index (χ0v) is 14.8. The number of nitro groups is 1. The van der Waals surface area contributed by atoms with Crippen molar-refractivity contribution in [2.45, 2.75) is 44.2 Å². The van der Waals surface area contributed by atoms with Crippen LogP contribution in [0.4, 0.5) is 5.69 Å². The number of hydrogen-bond donors (Lipinski definition) is 2. The van der Waals surface area contributed by atoms with Crippen LogP contribution in [0.2, 0.25) is 0 Å². The Morgan fingerprint density at radius 2 is 2.04 bits per heavy atom. The highest BCUT2D eigenvalue weighted by molar-refractivity contribution is 5.95. The molecule has 0 spiro atoms. The standard InChI is InChI=1S/C18H22N6O3/c19-14-6-11-2-1-3-12(7-14)17(11)22-18(25)13-4-5-15(16(8-13)24(26)27)23-10-20-9-21-23/h4-5,8-12,14,17H,1-3,6-7,19H2,(H,22,25). The summed E-state index contributed by atoms with van der Waals surface area (Å²) in [7, 11) is 0. The first kappa shape index (κ1) is 17.6. The first-order chi connectivity index (χ1) is 13.0. The third kappa shape index (κ3) is 3.42. The van der Waals surface area contributed by atoms with Gasteiger partial charge in [-0.1, -0.05) is 6.42 Å². The number of carbonyl (C=O) groups excluding carboxylic acids is 1. The molecule has 4 rings (SSSR count). The normalized spacial score (nSPS) is 27.1. The van der Waals surface area contributed by atoms with Crippen molar-refractivity contribution >= 4 is 11.6 Å². The van der Waals surface area contributed by atoms with Gasteiger partial charge in [0.05, 0.1) is 4.92 Å². The third-order valence-corrected chi connectivity index (χ3v) is 5.77. The molecule has 2 aliphatic rings. The van der Waals surface area contributed by atoms with Crippen LogP contribution < -0.4 is 11.1 Å². The number of aromatic nitrogens is 3. The fourth-order valence-corrected chi connectivity index (χ4v) is 4.60. The molecule has 1 aromatic carbocycles. The number of nitrogens with one attached hydrogen (secondary N) is 1. The molecule has 2 bridgehead atoms. The number of nitro benzene ring substituents is 1. The minimum atomic E-state index is -0.512. The highest BCUT2D eigenvalue weighted by Gasteiger charge is 2.40. The summed E-state index contributed by atoms with van der Waals surface area (Å²) >= 11 is 0. The largest absolute Gasteiger partial charge is 0.349 e. The maximum absolute atomic E-state index is 12.8. The van der Waals surface area contributed by atoms with Crippen molar-refractivity contribution in [2.24, 2.45) is 17.6 Å². The molecule has 0 saturated heterocycles. The summed E-state index contributed by atoms with van der Waals surface area (Å²) in [6.07, 6.45) is 7.85. The smallest absolute Gasteiger partial charge is 0.295 e. The van der Waals surface area contributed by atoms with Crippen LogP contribution in [0.15, 0.2) is 30.9 Å². The van der Waals surface area contributed by atoms with Gasteiger partial charge in [0.2, 0.25) is 0 Å². The van der Waals surface area contributed by atoms with E-state index in [1.807, 2.05) is 0 Å². The molecule has 2 fully saturated rings. The zero-order chi connectivity index (χ0) is 19.0. The van der Waals surface area contributed by atoms with Crippen LogP contribution in [0, 0.1) is 22.0 Å². The van der Waals surface area contributed by atoms with Gasteiger partial charge in [-0.15, -0.1) is 0 Å². The monoisotopic (exact) mass is 370 g/mol. The number of nitrogens with two attached hydrogens (primary N) is 1. The second-order valence-corrected chi connectivity index (χ2v) is 7.48. The van der Waals surface area contributed by atoms with Crippen molar-refractivity contribution in [3.8, 4) is 5.69 Å². The molecule has 9 heteroatoms. The maximum atomic E-state index is 12.8. The van der Waals surface area contributed by atoms with Gasteiger partial charge in [-0.25, -0.2) is 9.67 Å². The summed E-state index contributed by atoms with van der Waals surface area (Å²) in [5.74, 6) is 0.502. The molecular weight excluding hydrogens is 348 g/mol. The van der Waals surface area contributed by atoms with Crippen molar-refractivity contribution in [1.82, 2.24) is 20.1 Å². The molecule has 2 unspecified atom stereocenters. The summed E-state index contributed by atoms with van der Waals surface area (Å²) in [4.78, 5) is 27.6. The van der Waals surface area contributed by atoms with E-state index in [1.54, 1.807) is 6.07 Å². The van der Waals surface area contributed by atoms with Crippen molar-refractivity contribution in [1.29, 1.82) is 0 Å². The minimum absolute atomic E-state index is 0.0973. The van der Waals surface area contributed by atoms with E-state index < -0.39 is 4.92 Å². The lowest BCUT2D eigenvalue weighted by molar-refractivity contribution is -0.384. The molecule has 0 radical (unpaired) electrons. The predicted octanol–water partition coefficient (Wildman–Crippen LogP) is 1.81. The van der Waals surface area contributed by atoms with E-state index in [9.17, 15) is 14.9 Å². The Morgan fingerprint density at radius 1 is 1.30 bits per heavy atom. The zero-order valence-electron chi connectivity index (χ0n) is 14.8. The minimum Gasteiger partial charge on any atom is -0.349 e. The van der Waals surface area contributed by atoms with Crippen LogP contribution in [0.25, 0.3) is 5.69 Å². The number of benzene rings is 1. The van der Waals surface area contributed by atoms with Gasteiger partial charge < -0.3 is 11.1 Å². The van der Waals surface area contributed by atoms with Crippen LogP contribution in [0.1, 0.15) is 42.5 Å². The Labute approximate surface area is 156 Å². The van der Waals surface area contributed by atoms with Gasteiger partial charge in [0.25, 0.3) is 11.6 Å². The molecule has 2 saturated carbocycles. The van der Waals surface area contributed by atoms with Crippen molar-refractivity contribution in [3.63, 3.8) is 0 Å². The van der Waals surface area contributed by atoms with E-state index in [0.717, 1.165) is 25.7 Å². The molecule has 0 aliphatic heterocycles. The van der Waals surface area contributed by atoms with Crippen molar-refractivity contribution < 1.29 is 9.72 Å². The SMILES string of the molecule is NC1CC2CCCC(C1)C2NC(=O)c1ccc(-n2cncn2)c([N+](=O)[O-])c1. The molecule has 9 nitrogen and oxygen atoms in total. The molecule has 1 amide bonds. The highest BCUT2D eigenvalue weighted by atomic mass is 16.6. The summed E-state index contributed by atoms with van der Waals surface area (Å²) < 4.78 is 1.31. The first-order valence-corrected chi connectivity index (χ1v) is 9.23. The lowest BCUT2D eigenvalue weighted by Gasteiger charge is -2.45. The molecule has 2 aliphatic carbocycles. The molecule has 27 heavy (non-hydrogen) atoms. The van der Waals surface area contributed by atoms with E-state index in [4.69, 9.17) is 5.73 Å². The second kappa shape index (κ2) is 7.07. The Morgan fingerprint density at radius 3 is 2.67 bits per heavy atom. The van der Waals surface area contributed by atoms with Gasteiger partial charge in [0.1, 0.15) is 18.3 Å². The van der Waals surface area contributed by atoms with Crippen LogP contribution in [-0.2, 0) is 0 Å². The summed E-state index contributed by atoms with van der Waals surface area (Å²) in [6, 6.07) is 4.72. The van der Waals surface area contributed by atoms with E-state index >= 15 is 0 Å². The lowest BCUT2D eigenvalue weighted by Crippen LogP contribution is -2.53. The topological polar surface area (TPSA) is 129 Å². The van der Waals surface area contributed by atoms with Crippen LogP contribution in [0.3, 0.4) is 0 Å². The molecular formula is C18H22N6O3. The molecule has 142 valence electrons. The summed E-state index contributed by atoms with van der Waals surface area (Å²) in [5, 5.41) is 18.5. The Bertz CT molecular complexity index is 839. The first-order valence-electron chi connectivity index (χ1n) is 9.23. The van der Waals surface area contributed by atoms with Crippen LogP contribution >= 0.6 is 0 Å². The number of rotatable bonds is 4. The number of fused-ring (bicyclic) bond motifs is 2. The maximum Gasteiger partial charge on any atom is 0.295 e. The summed E-state index contributed by atoms with van der Waals surface area (Å²) in [5.41, 5.74) is 6.51. The molecule has 2 aromatic rings. The Hall–Kier alpha value is -2.81. The highest BCUT2D eigenvalue weighted by Crippen LogP contribution is 2.39. The number of hydrogen-bond acceptors (Lipinski definition) is 6. The second-order valence-electron chi connectivity index (χ2n) is 7.48. The van der Waals surface area contributed by atoms with E-state index in [-0.39, 0.29) is 34.9 Å². The average molecular weight is 370 g/mol. The average Bonchev–Trinajstić information content (AvgIpc) is 3.16. The quantitative estimate of drug-likeness (QED) is 0.624. The number of nitrogens with zero attached hydrogens (tertiary/aromatic N) is 4. The lowest BCUT2D eigenvalue weighted by atomic mass is 9.67. The van der Waals surface area contributed by atoms with Crippen LogP contribution in [-0.4, -0.2) is 37.7 Å². The third-order valence-electron chi connectivity index (χ3n) is 5.77. The van der Waals surface area contributed by atoms with Gasteiger partial charge in [0.15, 0.2) is 0 Å². The van der Waals surface area contributed by atoms with Gasteiger partial charge >= 0.3 is 0 Å². The summed E-state index contributed by atoms with van der Waals surface area (Å²) in [6.45, 7) is 0. The Balaban J connectivity index is 1.57. The van der Waals surface area contributed by atoms with Crippen molar-refractivity contribution in [2.75, 3.05) is 0 Å². The van der Waals surface area contributed by atoms with E-state index in [2.05, 4.69) is 15.4 Å². The number of amides is 1. The van der Waals surface area contributed by atoms with Gasteiger partial charge in [-0.2, -0.15) is 5.10 Å². The fraction of sp³-hybridized carbons (Fsp3) is 0.500. The van der Waals surface area contributed by atoms with Crippen LogP contribution in [0.5, 0.6) is 0 Å². The molecule has 1 heterocycles. The van der Waals surface area contributed by atoms with Gasteiger partial charge in [-0.3, -0.25) is 14.9 Å². The van der Waals surface area contributed by atoms with Crippen molar-refractivity contribution in [3.05, 3.63) is 46.5 Å². The fourth-order valence-electron chi connectivity index (χ4n) is 4.60. The van der Waals surface area contributed by atoms with E-state index in [0.29, 0.717) is 11.8 Å². The molecule has 1 aromatic heterocycles.